The zero-order valence-corrected chi connectivity index (χ0v) is 11.7. The van der Waals surface area contributed by atoms with Gasteiger partial charge in [0.1, 0.15) is 0 Å². The van der Waals surface area contributed by atoms with Gasteiger partial charge in [-0.1, -0.05) is 50.5 Å². The second kappa shape index (κ2) is 14.0. The fourth-order valence-corrected chi connectivity index (χ4v) is 1.73. The van der Waals surface area contributed by atoms with Crippen molar-refractivity contribution in [1.29, 1.82) is 0 Å². The molecular weight excluding hydrogens is 224 g/mol. The van der Waals surface area contributed by atoms with Crippen molar-refractivity contribution in [3.8, 4) is 0 Å². The molecule has 104 valence electrons. The van der Waals surface area contributed by atoms with Gasteiger partial charge >= 0.3 is 5.97 Å². The van der Waals surface area contributed by atoms with Crippen LogP contribution in [0.1, 0.15) is 71.1 Å². The van der Waals surface area contributed by atoms with Crippen LogP contribution in [0.4, 0.5) is 0 Å². The molecule has 2 nitrogen and oxygen atoms in total. The molecule has 18 heavy (non-hydrogen) atoms. The van der Waals surface area contributed by atoms with Crippen LogP contribution in [0.5, 0.6) is 0 Å². The molecule has 0 bridgehead atoms. The molecule has 0 aromatic heterocycles. The standard InChI is InChI=1S/C16H28O2/c1-2-3-4-5-6-7-8-9-10-11-12-13-14-15-16(17)18/h7-8,10-11H,2-6,9,12-15H2,1H3,(H,17,18)/b8-7-,11-10-. The maximum absolute atomic E-state index is 10.3. The number of carboxylic acid groups (broad SMARTS) is 1. The van der Waals surface area contributed by atoms with Crippen molar-refractivity contribution >= 4 is 5.97 Å². The highest BCUT2D eigenvalue weighted by Gasteiger charge is 1.93. The summed E-state index contributed by atoms with van der Waals surface area (Å²) in [4.78, 5) is 10.3. The fraction of sp³-hybridized carbons (Fsp3) is 0.688. The van der Waals surface area contributed by atoms with Crippen LogP contribution in [-0.4, -0.2) is 11.1 Å². The summed E-state index contributed by atoms with van der Waals surface area (Å²) in [6, 6.07) is 0. The Morgan fingerprint density at radius 2 is 1.50 bits per heavy atom. The molecule has 0 rings (SSSR count). The number of carbonyl (C=O) groups is 1. The predicted octanol–water partition coefficient (Wildman–Crippen LogP) is 5.10. The van der Waals surface area contributed by atoms with Crippen molar-refractivity contribution in [2.45, 2.75) is 71.1 Å². The smallest absolute Gasteiger partial charge is 0.303 e. The minimum absolute atomic E-state index is 0.297. The lowest BCUT2D eigenvalue weighted by Crippen LogP contribution is -1.92. The van der Waals surface area contributed by atoms with Crippen LogP contribution in [0.15, 0.2) is 24.3 Å². The van der Waals surface area contributed by atoms with E-state index in [1.807, 2.05) is 0 Å². The second-order valence-corrected chi connectivity index (χ2v) is 4.67. The van der Waals surface area contributed by atoms with Crippen molar-refractivity contribution in [1.82, 2.24) is 0 Å². The lowest BCUT2D eigenvalue weighted by molar-refractivity contribution is -0.137. The van der Waals surface area contributed by atoms with E-state index < -0.39 is 5.97 Å². The molecule has 0 heterocycles. The number of allylic oxidation sites excluding steroid dienone is 4. The summed E-state index contributed by atoms with van der Waals surface area (Å²) in [5, 5.41) is 8.46. The van der Waals surface area contributed by atoms with E-state index in [0.29, 0.717) is 6.42 Å². The quantitative estimate of drug-likeness (QED) is 0.387. The highest BCUT2D eigenvalue weighted by molar-refractivity contribution is 5.66. The minimum Gasteiger partial charge on any atom is -0.481 e. The monoisotopic (exact) mass is 252 g/mol. The predicted molar refractivity (Wildman–Crippen MR) is 77.8 cm³/mol. The Morgan fingerprint density at radius 3 is 2.06 bits per heavy atom. The van der Waals surface area contributed by atoms with Crippen molar-refractivity contribution in [3.05, 3.63) is 24.3 Å². The van der Waals surface area contributed by atoms with Gasteiger partial charge in [0, 0.05) is 6.42 Å². The van der Waals surface area contributed by atoms with Gasteiger partial charge in [0.15, 0.2) is 0 Å². The Morgan fingerprint density at radius 1 is 0.889 bits per heavy atom. The maximum Gasteiger partial charge on any atom is 0.303 e. The van der Waals surface area contributed by atoms with E-state index in [1.54, 1.807) is 0 Å². The van der Waals surface area contributed by atoms with E-state index >= 15 is 0 Å². The molecule has 0 aromatic carbocycles. The molecule has 1 N–H and O–H groups in total. The zero-order valence-electron chi connectivity index (χ0n) is 11.7. The van der Waals surface area contributed by atoms with Crippen LogP contribution in [0, 0.1) is 0 Å². The average molecular weight is 252 g/mol. The third kappa shape index (κ3) is 14.9. The molecule has 0 aliphatic carbocycles. The summed E-state index contributed by atoms with van der Waals surface area (Å²) in [6.07, 6.45) is 19.4. The first kappa shape index (κ1) is 16.9. The fourth-order valence-electron chi connectivity index (χ4n) is 1.73. The molecule has 0 unspecified atom stereocenters. The Labute approximate surface area is 112 Å². The molecule has 0 radical (unpaired) electrons. The lowest BCUT2D eigenvalue weighted by Gasteiger charge is -1.94. The van der Waals surface area contributed by atoms with Gasteiger partial charge in [-0.2, -0.15) is 0 Å². The van der Waals surface area contributed by atoms with Gasteiger partial charge in [-0.25, -0.2) is 0 Å². The lowest BCUT2D eigenvalue weighted by atomic mass is 10.1. The molecule has 2 heteroatoms. The topological polar surface area (TPSA) is 37.3 Å². The Balaban J connectivity index is 3.21. The van der Waals surface area contributed by atoms with E-state index in [2.05, 4.69) is 31.2 Å². The Bertz CT molecular complexity index is 241. The van der Waals surface area contributed by atoms with Crippen molar-refractivity contribution in [2.24, 2.45) is 0 Å². The van der Waals surface area contributed by atoms with Gasteiger partial charge in [-0.15, -0.1) is 0 Å². The van der Waals surface area contributed by atoms with Gasteiger partial charge in [0.2, 0.25) is 0 Å². The summed E-state index contributed by atoms with van der Waals surface area (Å²) in [7, 11) is 0. The molecule has 0 aliphatic rings. The third-order valence-corrected chi connectivity index (χ3v) is 2.84. The van der Waals surface area contributed by atoms with Crippen LogP contribution in [-0.2, 0) is 4.79 Å². The normalized spacial score (nSPS) is 11.6. The van der Waals surface area contributed by atoms with Crippen molar-refractivity contribution < 1.29 is 9.90 Å². The number of hydrogen-bond donors (Lipinski definition) is 1. The van der Waals surface area contributed by atoms with E-state index in [4.69, 9.17) is 5.11 Å². The van der Waals surface area contributed by atoms with Crippen molar-refractivity contribution in [3.63, 3.8) is 0 Å². The molecule has 0 aromatic rings. The van der Waals surface area contributed by atoms with Crippen LogP contribution in [0.2, 0.25) is 0 Å². The zero-order chi connectivity index (χ0) is 13.5. The van der Waals surface area contributed by atoms with Crippen molar-refractivity contribution in [2.75, 3.05) is 0 Å². The molecule has 0 aliphatic heterocycles. The summed E-state index contributed by atoms with van der Waals surface area (Å²) in [6.45, 7) is 2.23. The minimum atomic E-state index is -0.690. The van der Waals surface area contributed by atoms with Crippen LogP contribution >= 0.6 is 0 Å². The largest absolute Gasteiger partial charge is 0.481 e. The Kier molecular flexibility index (Phi) is 13.2. The molecular formula is C16H28O2. The SMILES string of the molecule is CCCCCC/C=C\C/C=C\CCCCC(=O)O. The second-order valence-electron chi connectivity index (χ2n) is 4.67. The number of aliphatic carboxylic acids is 1. The van der Waals surface area contributed by atoms with E-state index in [9.17, 15) is 4.79 Å². The summed E-state index contributed by atoms with van der Waals surface area (Å²) in [5.74, 6) is -0.690. The van der Waals surface area contributed by atoms with Gasteiger partial charge < -0.3 is 5.11 Å². The maximum atomic E-state index is 10.3. The molecule has 0 fully saturated rings. The Hall–Kier alpha value is -1.05. The van der Waals surface area contributed by atoms with Gasteiger partial charge in [-0.05, 0) is 38.5 Å². The average Bonchev–Trinajstić information content (AvgIpc) is 2.34. The van der Waals surface area contributed by atoms with E-state index in [-0.39, 0.29) is 0 Å². The van der Waals surface area contributed by atoms with Gasteiger partial charge in [0.25, 0.3) is 0 Å². The van der Waals surface area contributed by atoms with Crippen LogP contribution < -0.4 is 0 Å². The number of rotatable bonds is 12. The first-order valence-electron chi connectivity index (χ1n) is 7.29. The van der Waals surface area contributed by atoms with E-state index in [0.717, 1.165) is 25.7 Å². The summed E-state index contributed by atoms with van der Waals surface area (Å²) >= 11 is 0. The van der Waals surface area contributed by atoms with Crippen LogP contribution in [0.3, 0.4) is 0 Å². The summed E-state index contributed by atoms with van der Waals surface area (Å²) < 4.78 is 0. The van der Waals surface area contributed by atoms with Crippen LogP contribution in [0.25, 0.3) is 0 Å². The van der Waals surface area contributed by atoms with Gasteiger partial charge in [-0.3, -0.25) is 4.79 Å². The number of unbranched alkanes of at least 4 members (excludes halogenated alkanes) is 6. The molecule has 0 atom stereocenters. The molecule has 0 spiro atoms. The molecule has 0 saturated heterocycles. The number of carboxylic acids is 1. The third-order valence-electron chi connectivity index (χ3n) is 2.84. The summed E-state index contributed by atoms with van der Waals surface area (Å²) in [5.41, 5.74) is 0. The van der Waals surface area contributed by atoms with E-state index in [1.165, 1.54) is 32.1 Å². The number of hydrogen-bond acceptors (Lipinski definition) is 1. The molecule has 0 saturated carbocycles. The van der Waals surface area contributed by atoms with Gasteiger partial charge in [0.05, 0.1) is 0 Å². The molecule has 0 amide bonds. The first-order valence-corrected chi connectivity index (χ1v) is 7.29. The highest BCUT2D eigenvalue weighted by atomic mass is 16.4. The highest BCUT2D eigenvalue weighted by Crippen LogP contribution is 2.04. The first-order chi connectivity index (χ1) is 8.77.